The molecule has 2 aliphatic heterocycles. The van der Waals surface area contributed by atoms with Gasteiger partial charge in [-0.15, -0.1) is 0 Å². The predicted molar refractivity (Wildman–Crippen MR) is 115 cm³/mol. The van der Waals surface area contributed by atoms with Gasteiger partial charge in [-0.2, -0.15) is 0 Å². The molecular formula is C23H26F2NO4P. The van der Waals surface area contributed by atoms with Gasteiger partial charge in [-0.1, -0.05) is 7.92 Å². The number of hydrogen-bond acceptors (Lipinski definition) is 5. The molecule has 4 rings (SSSR count). The zero-order valence-electron chi connectivity index (χ0n) is 17.1. The molecule has 0 aliphatic carbocycles. The minimum absolute atomic E-state index is 0.0379. The van der Waals surface area contributed by atoms with Gasteiger partial charge in [0.1, 0.15) is 29.2 Å². The smallest absolute Gasteiger partial charge is 0.177 e. The van der Waals surface area contributed by atoms with Gasteiger partial charge in [0, 0.05) is 12.4 Å². The third-order valence-corrected chi connectivity index (χ3v) is 8.00. The highest BCUT2D eigenvalue weighted by Gasteiger charge is 2.31. The Hall–Kier alpha value is -2.08. The Kier molecular flexibility index (Phi) is 6.85. The van der Waals surface area contributed by atoms with Crippen LogP contribution in [0.25, 0.3) is 0 Å². The molecule has 2 aromatic rings. The molecule has 0 amide bonds. The number of benzene rings is 2. The second-order valence-electron chi connectivity index (χ2n) is 8.07. The Balaban J connectivity index is 1.32. The van der Waals surface area contributed by atoms with Crippen molar-refractivity contribution in [1.82, 2.24) is 0 Å². The number of aryl methyl sites for hydroxylation is 2. The van der Waals surface area contributed by atoms with E-state index >= 15 is 0 Å². The maximum Gasteiger partial charge on any atom is 0.177 e. The largest absolute Gasteiger partial charge is 0.487 e. The lowest BCUT2D eigenvalue weighted by Gasteiger charge is -2.32. The number of ketones is 1. The second kappa shape index (κ2) is 9.60. The fourth-order valence-electron chi connectivity index (χ4n) is 4.14. The van der Waals surface area contributed by atoms with Crippen LogP contribution in [0.2, 0.25) is 0 Å². The van der Waals surface area contributed by atoms with E-state index < -0.39 is 26.2 Å². The van der Waals surface area contributed by atoms with Crippen molar-refractivity contribution in [3.05, 3.63) is 59.2 Å². The number of aliphatic hydroxyl groups is 1. The zero-order chi connectivity index (χ0) is 22.0. The van der Waals surface area contributed by atoms with E-state index in [1.54, 1.807) is 12.1 Å². The maximum atomic E-state index is 13.4. The first-order valence-electron chi connectivity index (χ1n) is 10.5. The Morgan fingerprint density at radius 1 is 1.06 bits per heavy atom. The third-order valence-electron chi connectivity index (χ3n) is 5.84. The van der Waals surface area contributed by atoms with Gasteiger partial charge in [0.15, 0.2) is 11.9 Å². The number of carbonyl (C=O) groups is 1. The van der Waals surface area contributed by atoms with E-state index in [0.29, 0.717) is 49.6 Å². The molecule has 2 aliphatic rings. The number of hydrogen-bond donors (Lipinski definition) is 2. The van der Waals surface area contributed by atoms with Crippen LogP contribution in [0.5, 0.6) is 11.5 Å². The summed E-state index contributed by atoms with van der Waals surface area (Å²) >= 11 is 0. The van der Waals surface area contributed by atoms with Crippen molar-refractivity contribution in [2.24, 2.45) is 5.73 Å². The molecule has 0 bridgehead atoms. The molecule has 4 atom stereocenters. The van der Waals surface area contributed by atoms with Crippen LogP contribution in [0.1, 0.15) is 24.0 Å². The summed E-state index contributed by atoms with van der Waals surface area (Å²) in [7, 11) is -0.934. The van der Waals surface area contributed by atoms with Gasteiger partial charge in [-0.25, -0.2) is 8.78 Å². The minimum atomic E-state index is -0.934. The molecule has 8 heteroatoms. The van der Waals surface area contributed by atoms with Gasteiger partial charge < -0.3 is 20.3 Å². The van der Waals surface area contributed by atoms with Crippen LogP contribution in [-0.4, -0.2) is 47.8 Å². The van der Waals surface area contributed by atoms with Crippen LogP contribution in [-0.2, 0) is 17.6 Å². The van der Waals surface area contributed by atoms with Gasteiger partial charge >= 0.3 is 0 Å². The van der Waals surface area contributed by atoms with Gasteiger partial charge in [0.05, 0.1) is 6.10 Å². The summed E-state index contributed by atoms with van der Waals surface area (Å²) in [6.45, 7) is 0. The highest BCUT2D eigenvalue weighted by Crippen LogP contribution is 2.38. The van der Waals surface area contributed by atoms with Crippen LogP contribution in [0.4, 0.5) is 8.78 Å². The molecule has 5 nitrogen and oxygen atoms in total. The van der Waals surface area contributed by atoms with E-state index in [1.807, 2.05) is 0 Å². The fourth-order valence-corrected chi connectivity index (χ4v) is 5.96. The zero-order valence-corrected chi connectivity index (χ0v) is 18.0. The van der Waals surface area contributed by atoms with Crippen molar-refractivity contribution in [3.8, 4) is 11.5 Å². The molecule has 0 spiro atoms. The summed E-state index contributed by atoms with van der Waals surface area (Å²) in [4.78, 5) is 12.8. The van der Waals surface area contributed by atoms with E-state index in [4.69, 9.17) is 15.2 Å². The molecule has 4 unspecified atom stereocenters. The number of Topliss-reactive ketones (excluding diaryl/α,β-unsaturated/α-hetero) is 1. The van der Waals surface area contributed by atoms with Gasteiger partial charge in [-0.3, -0.25) is 4.79 Å². The molecule has 31 heavy (non-hydrogen) atoms. The molecule has 0 fully saturated rings. The Morgan fingerprint density at radius 2 is 1.68 bits per heavy atom. The van der Waals surface area contributed by atoms with Crippen LogP contribution < -0.4 is 15.2 Å². The summed E-state index contributed by atoms with van der Waals surface area (Å²) in [5.41, 5.74) is 7.49. The lowest BCUT2D eigenvalue weighted by molar-refractivity contribution is -0.123. The predicted octanol–water partition coefficient (Wildman–Crippen LogP) is 3.38. The summed E-state index contributed by atoms with van der Waals surface area (Å²) in [5, 5.41) is 10.7. The highest BCUT2D eigenvalue weighted by molar-refractivity contribution is 7.58. The number of carbonyl (C=O) groups excluding carboxylic acids is 1. The number of ether oxygens (including phenoxy) is 2. The quantitative estimate of drug-likeness (QED) is 0.634. The van der Waals surface area contributed by atoms with Crippen LogP contribution in [0.3, 0.4) is 0 Å². The molecule has 0 saturated heterocycles. The van der Waals surface area contributed by atoms with E-state index in [9.17, 15) is 18.7 Å². The summed E-state index contributed by atoms with van der Waals surface area (Å²) in [6.07, 6.45) is 1.55. The van der Waals surface area contributed by atoms with Crippen LogP contribution in [0, 0.1) is 11.6 Å². The standard InChI is InChI=1S/C23H26F2NO4P/c24-16-3-7-20-14(9-16)1-5-22(29-20)18(27)11-31(13-26)12-19(28)23-6-2-15-10-17(25)4-8-21(15)30-23/h3-4,7-10,18,22-23,27H,1-2,5-6,11-13,26H2. The van der Waals surface area contributed by atoms with Crippen molar-refractivity contribution < 1.29 is 28.2 Å². The maximum absolute atomic E-state index is 13.4. The number of halogens is 2. The number of rotatable bonds is 7. The van der Waals surface area contributed by atoms with Crippen molar-refractivity contribution in [1.29, 1.82) is 0 Å². The summed E-state index contributed by atoms with van der Waals surface area (Å²) in [5.74, 6) is 0.489. The molecule has 2 aromatic carbocycles. The average molecular weight is 449 g/mol. The topological polar surface area (TPSA) is 81.8 Å². The van der Waals surface area contributed by atoms with Crippen molar-refractivity contribution in [2.45, 2.75) is 44.0 Å². The first-order valence-corrected chi connectivity index (χ1v) is 12.4. The summed E-state index contributed by atoms with van der Waals surface area (Å²) < 4.78 is 38.4. The normalized spacial score (nSPS) is 21.8. The number of aliphatic hydroxyl groups excluding tert-OH is 1. The molecular weight excluding hydrogens is 423 g/mol. The minimum Gasteiger partial charge on any atom is -0.487 e. The monoisotopic (exact) mass is 449 g/mol. The number of fused-ring (bicyclic) bond motifs is 2. The molecule has 166 valence electrons. The lowest BCUT2D eigenvalue weighted by atomic mass is 9.99. The van der Waals surface area contributed by atoms with Gasteiger partial charge in [0.2, 0.25) is 0 Å². The van der Waals surface area contributed by atoms with Crippen molar-refractivity contribution >= 4 is 13.7 Å². The molecule has 0 radical (unpaired) electrons. The van der Waals surface area contributed by atoms with Crippen LogP contribution in [0.15, 0.2) is 36.4 Å². The first kappa shape index (κ1) is 22.1. The first-order chi connectivity index (χ1) is 14.9. The molecule has 3 N–H and O–H groups in total. The van der Waals surface area contributed by atoms with Crippen molar-refractivity contribution in [2.75, 3.05) is 18.6 Å². The van der Waals surface area contributed by atoms with Crippen LogP contribution >= 0.6 is 7.92 Å². The fraction of sp³-hybridized carbons (Fsp3) is 0.435. The Bertz CT molecular complexity index is 957. The third kappa shape index (κ3) is 5.22. The molecule has 2 heterocycles. The molecule has 0 saturated carbocycles. The SMILES string of the molecule is NCP(CC(=O)C1CCc2cc(F)ccc2O1)CC(O)C1CCc2cc(F)ccc2O1. The van der Waals surface area contributed by atoms with E-state index in [1.165, 1.54) is 24.3 Å². The lowest BCUT2D eigenvalue weighted by Crippen LogP contribution is -2.38. The van der Waals surface area contributed by atoms with Gasteiger partial charge in [-0.05, 0) is 79.4 Å². The Morgan fingerprint density at radius 3 is 2.32 bits per heavy atom. The average Bonchev–Trinajstić information content (AvgIpc) is 2.77. The van der Waals surface area contributed by atoms with Crippen molar-refractivity contribution in [3.63, 3.8) is 0 Å². The van der Waals surface area contributed by atoms with E-state index in [2.05, 4.69) is 0 Å². The second-order valence-corrected chi connectivity index (χ2v) is 10.5. The Labute approximate surface area is 181 Å². The highest BCUT2D eigenvalue weighted by atomic mass is 31.1. The van der Waals surface area contributed by atoms with Gasteiger partial charge in [0.25, 0.3) is 0 Å². The van der Waals surface area contributed by atoms with E-state index in [-0.39, 0.29) is 23.6 Å². The number of nitrogens with two attached hydrogens (primary N) is 1. The summed E-state index contributed by atoms with van der Waals surface area (Å²) in [6, 6.07) is 8.71. The van der Waals surface area contributed by atoms with E-state index in [0.717, 1.165) is 11.1 Å². The molecule has 0 aromatic heterocycles.